The number of urea groups is 1. The molecule has 2 N–H and O–H groups in total. The van der Waals surface area contributed by atoms with Crippen LogP contribution in [0.15, 0.2) is 0 Å². The van der Waals surface area contributed by atoms with Crippen LogP contribution in [0.2, 0.25) is 0 Å². The van der Waals surface area contributed by atoms with Crippen LogP contribution in [-0.2, 0) is 9.59 Å². The largest absolute Gasteiger partial charge is 0.480 e. The number of unbranched alkanes of at least 4 members (excludes halogenated alkanes) is 1. The number of hydrogen-bond acceptors (Lipinski definition) is 3. The minimum atomic E-state index is -1.05. The molecule has 7 nitrogen and oxygen atoms in total. The van der Waals surface area contributed by atoms with Crippen molar-refractivity contribution in [3.8, 4) is 0 Å². The second-order valence-corrected chi connectivity index (χ2v) is 5.19. The van der Waals surface area contributed by atoms with Gasteiger partial charge in [-0.25, -0.2) is 9.59 Å². The van der Waals surface area contributed by atoms with Crippen LogP contribution in [0.4, 0.5) is 4.79 Å². The lowest BCUT2D eigenvalue weighted by atomic mass is 10.1. The second-order valence-electron chi connectivity index (χ2n) is 5.19. The van der Waals surface area contributed by atoms with Crippen molar-refractivity contribution < 1.29 is 19.5 Å². The fraction of sp³-hybridized carbons (Fsp3) is 0.786. The molecule has 0 aliphatic rings. The lowest BCUT2D eigenvalue weighted by molar-refractivity contribution is -0.139. The van der Waals surface area contributed by atoms with Crippen molar-refractivity contribution in [2.75, 3.05) is 27.2 Å². The van der Waals surface area contributed by atoms with Gasteiger partial charge in [-0.3, -0.25) is 4.79 Å². The molecule has 0 bridgehead atoms. The Labute approximate surface area is 126 Å². The summed E-state index contributed by atoms with van der Waals surface area (Å²) in [6.45, 7) is 4.21. The normalized spacial score (nSPS) is 11.6. The molecule has 0 aliphatic heterocycles. The zero-order chi connectivity index (χ0) is 16.4. The van der Waals surface area contributed by atoms with Gasteiger partial charge >= 0.3 is 12.0 Å². The Morgan fingerprint density at radius 2 is 1.76 bits per heavy atom. The monoisotopic (exact) mass is 301 g/mol. The number of amides is 3. The maximum Gasteiger partial charge on any atom is 0.326 e. The van der Waals surface area contributed by atoms with Gasteiger partial charge in [-0.05, 0) is 12.8 Å². The van der Waals surface area contributed by atoms with Crippen molar-refractivity contribution in [1.29, 1.82) is 0 Å². The standard InChI is InChI=1S/C14H27N3O4/c1-5-7-8-11(13(19)20)15-14(21)17(9-6-2)10-12(18)16(3)4/h11H,5-10H2,1-4H3,(H,15,21)(H,19,20)/t11-/m0/s1. The summed E-state index contributed by atoms with van der Waals surface area (Å²) >= 11 is 0. The minimum Gasteiger partial charge on any atom is -0.480 e. The Morgan fingerprint density at radius 1 is 1.14 bits per heavy atom. The Balaban J connectivity index is 4.70. The molecule has 0 aromatic heterocycles. The molecule has 7 heteroatoms. The van der Waals surface area contributed by atoms with E-state index in [1.54, 1.807) is 14.1 Å². The molecule has 0 radical (unpaired) electrons. The zero-order valence-corrected chi connectivity index (χ0v) is 13.4. The van der Waals surface area contributed by atoms with Crippen molar-refractivity contribution >= 4 is 17.9 Å². The van der Waals surface area contributed by atoms with Gasteiger partial charge in [-0.1, -0.05) is 26.7 Å². The van der Waals surface area contributed by atoms with Crippen LogP contribution in [0.25, 0.3) is 0 Å². The van der Waals surface area contributed by atoms with Gasteiger partial charge in [0.2, 0.25) is 5.91 Å². The summed E-state index contributed by atoms with van der Waals surface area (Å²) in [5.74, 6) is -1.24. The first kappa shape index (κ1) is 19.2. The maximum absolute atomic E-state index is 12.2. The van der Waals surface area contributed by atoms with Gasteiger partial charge in [0.05, 0.1) is 0 Å². The van der Waals surface area contributed by atoms with Crippen molar-refractivity contribution in [3.63, 3.8) is 0 Å². The van der Waals surface area contributed by atoms with Crippen molar-refractivity contribution in [3.05, 3.63) is 0 Å². The molecule has 0 fully saturated rings. The molecule has 0 spiro atoms. The average Bonchev–Trinajstić information content (AvgIpc) is 2.41. The van der Waals surface area contributed by atoms with Gasteiger partial charge in [0, 0.05) is 20.6 Å². The Kier molecular flexibility index (Phi) is 9.16. The molecule has 0 unspecified atom stereocenters. The first-order valence-corrected chi connectivity index (χ1v) is 7.31. The number of likely N-dealkylation sites (N-methyl/N-ethyl adjacent to an activating group) is 1. The van der Waals surface area contributed by atoms with Crippen LogP contribution in [0, 0.1) is 0 Å². The van der Waals surface area contributed by atoms with E-state index in [1.165, 1.54) is 9.80 Å². The third-order valence-corrected chi connectivity index (χ3v) is 3.05. The van der Waals surface area contributed by atoms with Crippen LogP contribution < -0.4 is 5.32 Å². The maximum atomic E-state index is 12.2. The topological polar surface area (TPSA) is 90.0 Å². The number of carbonyl (C=O) groups is 3. The van der Waals surface area contributed by atoms with Gasteiger partial charge in [0.25, 0.3) is 0 Å². The molecule has 0 saturated heterocycles. The molecular formula is C14H27N3O4. The van der Waals surface area contributed by atoms with Gasteiger partial charge in [0.15, 0.2) is 0 Å². The molecule has 0 rings (SSSR count). The summed E-state index contributed by atoms with van der Waals surface area (Å²) < 4.78 is 0. The van der Waals surface area contributed by atoms with Crippen LogP contribution in [0.3, 0.4) is 0 Å². The highest BCUT2D eigenvalue weighted by Gasteiger charge is 2.23. The number of nitrogens with zero attached hydrogens (tertiary/aromatic N) is 2. The molecule has 21 heavy (non-hydrogen) atoms. The van der Waals surface area contributed by atoms with Crippen molar-refractivity contribution in [2.24, 2.45) is 0 Å². The van der Waals surface area contributed by atoms with E-state index in [4.69, 9.17) is 5.11 Å². The summed E-state index contributed by atoms with van der Waals surface area (Å²) in [6.07, 6.45) is 2.67. The lowest BCUT2D eigenvalue weighted by Crippen LogP contribution is -2.50. The number of nitrogens with one attached hydrogen (secondary N) is 1. The number of carbonyl (C=O) groups excluding carboxylic acids is 2. The molecule has 0 saturated carbocycles. The van der Waals surface area contributed by atoms with Gasteiger partial charge in [0.1, 0.15) is 12.6 Å². The highest BCUT2D eigenvalue weighted by Crippen LogP contribution is 2.03. The van der Waals surface area contributed by atoms with Gasteiger partial charge < -0.3 is 20.2 Å². The molecule has 0 aliphatic carbocycles. The van der Waals surface area contributed by atoms with Crippen molar-refractivity contribution in [1.82, 2.24) is 15.1 Å². The van der Waals surface area contributed by atoms with E-state index in [1.807, 2.05) is 13.8 Å². The molecule has 0 aromatic carbocycles. The van der Waals surface area contributed by atoms with Gasteiger partial charge in [-0.2, -0.15) is 0 Å². The molecule has 122 valence electrons. The third-order valence-electron chi connectivity index (χ3n) is 3.05. The molecule has 3 amide bonds. The number of carboxylic acid groups (broad SMARTS) is 1. The summed E-state index contributed by atoms with van der Waals surface area (Å²) in [5, 5.41) is 11.6. The fourth-order valence-electron chi connectivity index (χ4n) is 1.73. The van der Waals surface area contributed by atoms with E-state index in [0.717, 1.165) is 12.8 Å². The van der Waals surface area contributed by atoms with E-state index in [2.05, 4.69) is 5.32 Å². The Hall–Kier alpha value is -1.79. The first-order chi connectivity index (χ1) is 9.83. The average molecular weight is 301 g/mol. The second kappa shape index (κ2) is 10.0. The fourth-order valence-corrected chi connectivity index (χ4v) is 1.73. The highest BCUT2D eigenvalue weighted by molar-refractivity contribution is 5.86. The number of rotatable bonds is 9. The van der Waals surface area contributed by atoms with Crippen molar-refractivity contribution in [2.45, 2.75) is 45.6 Å². The van der Waals surface area contributed by atoms with Crippen LogP contribution >= 0.6 is 0 Å². The third kappa shape index (κ3) is 7.53. The summed E-state index contributed by atoms with van der Waals surface area (Å²) in [6, 6.07) is -1.41. The quantitative estimate of drug-likeness (QED) is 0.668. The predicted octanol–water partition coefficient (Wildman–Crippen LogP) is 1.14. The number of carboxylic acids is 1. The predicted molar refractivity (Wildman–Crippen MR) is 80.0 cm³/mol. The SMILES string of the molecule is CCCC[C@H](NC(=O)N(CCC)CC(=O)N(C)C)C(=O)O. The van der Waals surface area contributed by atoms with Crippen LogP contribution in [0.1, 0.15) is 39.5 Å². The van der Waals surface area contributed by atoms with Crippen LogP contribution in [-0.4, -0.2) is 66.0 Å². The number of hydrogen-bond donors (Lipinski definition) is 2. The Bertz CT molecular complexity index is 358. The van der Waals surface area contributed by atoms with E-state index < -0.39 is 18.0 Å². The number of aliphatic carboxylic acids is 1. The summed E-state index contributed by atoms with van der Waals surface area (Å²) in [7, 11) is 3.23. The molecule has 0 aromatic rings. The smallest absolute Gasteiger partial charge is 0.326 e. The van der Waals surface area contributed by atoms with E-state index >= 15 is 0 Å². The van der Waals surface area contributed by atoms with Crippen LogP contribution in [0.5, 0.6) is 0 Å². The van der Waals surface area contributed by atoms with E-state index in [-0.39, 0.29) is 12.5 Å². The zero-order valence-electron chi connectivity index (χ0n) is 13.4. The summed E-state index contributed by atoms with van der Waals surface area (Å²) in [4.78, 5) is 37.8. The van der Waals surface area contributed by atoms with E-state index in [0.29, 0.717) is 19.4 Å². The first-order valence-electron chi connectivity index (χ1n) is 7.31. The Morgan fingerprint density at radius 3 is 2.19 bits per heavy atom. The lowest BCUT2D eigenvalue weighted by Gasteiger charge is -2.25. The summed E-state index contributed by atoms with van der Waals surface area (Å²) in [5.41, 5.74) is 0. The molecule has 0 heterocycles. The highest BCUT2D eigenvalue weighted by atomic mass is 16.4. The van der Waals surface area contributed by atoms with E-state index in [9.17, 15) is 14.4 Å². The minimum absolute atomic E-state index is 0.0488. The molecular weight excluding hydrogens is 274 g/mol. The van der Waals surface area contributed by atoms with Gasteiger partial charge in [-0.15, -0.1) is 0 Å². The molecule has 1 atom stereocenters.